The average Bonchev–Trinajstić information content (AvgIpc) is 2.38. The van der Waals surface area contributed by atoms with Crippen molar-refractivity contribution in [2.24, 2.45) is 0 Å². The molecule has 1 saturated carbocycles. The van der Waals surface area contributed by atoms with Crippen LogP contribution >= 0.6 is 11.6 Å². The number of benzene rings is 1. The minimum absolute atomic E-state index is 0.103. The van der Waals surface area contributed by atoms with Gasteiger partial charge in [0.15, 0.2) is 0 Å². The Balaban J connectivity index is 2.09. The molecule has 0 saturated heterocycles. The summed E-state index contributed by atoms with van der Waals surface area (Å²) < 4.78 is 5.40. The number of nitro groups is 1. The van der Waals surface area contributed by atoms with Crippen molar-refractivity contribution in [1.82, 2.24) is 5.32 Å². The molecule has 1 aromatic rings. The van der Waals surface area contributed by atoms with Crippen molar-refractivity contribution in [3.8, 4) is 0 Å². The van der Waals surface area contributed by atoms with Crippen LogP contribution in [-0.2, 0) is 4.74 Å². The van der Waals surface area contributed by atoms with E-state index in [0.717, 1.165) is 19.3 Å². The van der Waals surface area contributed by atoms with Crippen LogP contribution in [0.15, 0.2) is 18.2 Å². The predicted molar refractivity (Wildman–Crippen MR) is 74.0 cm³/mol. The molecule has 1 aromatic carbocycles. The van der Waals surface area contributed by atoms with Gasteiger partial charge in [-0.3, -0.25) is 14.9 Å². The number of carbonyl (C=O) groups excluding carboxylic acids is 1. The van der Waals surface area contributed by atoms with Gasteiger partial charge in [0.1, 0.15) is 0 Å². The van der Waals surface area contributed by atoms with Crippen LogP contribution in [0.5, 0.6) is 0 Å². The lowest BCUT2D eigenvalue weighted by molar-refractivity contribution is -0.384. The van der Waals surface area contributed by atoms with E-state index < -0.39 is 10.8 Å². The standard InChI is InChI=1S/C13H15ClN2O4/c1-20-13(5-2-6-13)8-15-12(17)10-7-9(16(18)19)3-4-11(10)14/h3-4,7H,2,5-6,8H2,1H3,(H,15,17). The first kappa shape index (κ1) is 14.7. The number of amides is 1. The zero-order valence-electron chi connectivity index (χ0n) is 11.0. The highest BCUT2D eigenvalue weighted by Crippen LogP contribution is 2.34. The summed E-state index contributed by atoms with van der Waals surface area (Å²) in [5, 5.41) is 13.6. The molecule has 6 nitrogen and oxygen atoms in total. The number of halogens is 1. The fourth-order valence-corrected chi connectivity index (χ4v) is 2.36. The maximum absolute atomic E-state index is 12.1. The third-order valence-corrected chi connectivity index (χ3v) is 4.00. The molecule has 7 heteroatoms. The van der Waals surface area contributed by atoms with Crippen molar-refractivity contribution in [2.75, 3.05) is 13.7 Å². The van der Waals surface area contributed by atoms with E-state index in [1.807, 2.05) is 0 Å². The minimum atomic E-state index is -0.560. The normalized spacial score (nSPS) is 16.3. The van der Waals surface area contributed by atoms with Gasteiger partial charge >= 0.3 is 0 Å². The zero-order valence-corrected chi connectivity index (χ0v) is 11.8. The lowest BCUT2D eigenvalue weighted by Crippen LogP contribution is -2.49. The Morgan fingerprint density at radius 2 is 2.25 bits per heavy atom. The molecule has 0 aromatic heterocycles. The van der Waals surface area contributed by atoms with Gasteiger partial charge in [-0.25, -0.2) is 0 Å². The van der Waals surface area contributed by atoms with Crippen LogP contribution in [0.25, 0.3) is 0 Å². The Kier molecular flexibility index (Phi) is 4.25. The van der Waals surface area contributed by atoms with Gasteiger partial charge in [-0.15, -0.1) is 0 Å². The highest BCUT2D eigenvalue weighted by Gasteiger charge is 2.37. The number of rotatable bonds is 5. The number of nitrogens with zero attached hydrogens (tertiary/aromatic N) is 1. The van der Waals surface area contributed by atoms with E-state index in [1.54, 1.807) is 7.11 Å². The third kappa shape index (κ3) is 2.91. The SMILES string of the molecule is COC1(CNC(=O)c2cc([N+](=O)[O-])ccc2Cl)CCC1. The van der Waals surface area contributed by atoms with Crippen LogP contribution in [0, 0.1) is 10.1 Å². The molecule has 1 amide bonds. The van der Waals surface area contributed by atoms with Crippen LogP contribution in [0.2, 0.25) is 5.02 Å². The molecule has 0 radical (unpaired) electrons. The number of carbonyl (C=O) groups is 1. The van der Waals surface area contributed by atoms with Gasteiger partial charge in [0.05, 0.1) is 21.1 Å². The van der Waals surface area contributed by atoms with Crippen LogP contribution in [0.1, 0.15) is 29.6 Å². The van der Waals surface area contributed by atoms with Crippen molar-refractivity contribution < 1.29 is 14.5 Å². The van der Waals surface area contributed by atoms with E-state index in [1.165, 1.54) is 18.2 Å². The van der Waals surface area contributed by atoms with Gasteiger partial charge in [0.25, 0.3) is 11.6 Å². The van der Waals surface area contributed by atoms with Crippen LogP contribution in [0.4, 0.5) is 5.69 Å². The average molecular weight is 299 g/mol. The minimum Gasteiger partial charge on any atom is -0.376 e. The Morgan fingerprint density at radius 3 is 2.75 bits per heavy atom. The maximum atomic E-state index is 12.1. The summed E-state index contributed by atoms with van der Waals surface area (Å²) >= 11 is 5.91. The zero-order chi connectivity index (χ0) is 14.8. The van der Waals surface area contributed by atoms with Gasteiger partial charge in [-0.2, -0.15) is 0 Å². The number of nitrogens with one attached hydrogen (secondary N) is 1. The number of nitro benzene ring substituents is 1. The van der Waals surface area contributed by atoms with Crippen LogP contribution < -0.4 is 5.32 Å². The molecule has 0 bridgehead atoms. The lowest BCUT2D eigenvalue weighted by Gasteiger charge is -2.40. The van der Waals surface area contributed by atoms with Crippen molar-refractivity contribution in [3.63, 3.8) is 0 Å². The van der Waals surface area contributed by atoms with Gasteiger partial charge in [-0.05, 0) is 25.3 Å². The van der Waals surface area contributed by atoms with Gasteiger partial charge in [0.2, 0.25) is 0 Å². The Morgan fingerprint density at radius 1 is 1.55 bits per heavy atom. The third-order valence-electron chi connectivity index (χ3n) is 3.67. The summed E-state index contributed by atoms with van der Waals surface area (Å²) in [5.41, 5.74) is -0.362. The number of hydrogen-bond acceptors (Lipinski definition) is 4. The summed E-state index contributed by atoms with van der Waals surface area (Å²) in [4.78, 5) is 22.2. The van der Waals surface area contributed by atoms with E-state index in [0.29, 0.717) is 6.54 Å². The number of ether oxygens (including phenoxy) is 1. The number of hydrogen-bond donors (Lipinski definition) is 1. The Bertz CT molecular complexity index is 538. The van der Waals surface area contributed by atoms with Crippen molar-refractivity contribution in [3.05, 3.63) is 38.9 Å². The second-order valence-corrected chi connectivity index (χ2v) is 5.25. The van der Waals surface area contributed by atoms with Crippen LogP contribution in [0.3, 0.4) is 0 Å². The molecule has 1 N–H and O–H groups in total. The van der Waals surface area contributed by atoms with Crippen molar-refractivity contribution in [2.45, 2.75) is 24.9 Å². The highest BCUT2D eigenvalue weighted by atomic mass is 35.5. The summed E-state index contributed by atoms with van der Waals surface area (Å²) in [6, 6.07) is 3.80. The monoisotopic (exact) mass is 298 g/mol. The summed E-state index contributed by atoms with van der Waals surface area (Å²) in [7, 11) is 1.62. The number of methoxy groups -OCH3 is 1. The van der Waals surface area contributed by atoms with E-state index in [4.69, 9.17) is 16.3 Å². The fourth-order valence-electron chi connectivity index (χ4n) is 2.16. The smallest absolute Gasteiger partial charge is 0.270 e. The van der Waals surface area contributed by atoms with Gasteiger partial charge in [-0.1, -0.05) is 11.6 Å². The molecule has 108 valence electrons. The predicted octanol–water partition coefficient (Wildman–Crippen LogP) is 2.55. The summed E-state index contributed by atoms with van der Waals surface area (Å²) in [6.45, 7) is 0.376. The molecule has 0 unspecified atom stereocenters. The molecule has 0 aliphatic heterocycles. The molecular weight excluding hydrogens is 284 g/mol. The van der Waals surface area contributed by atoms with Gasteiger partial charge < -0.3 is 10.1 Å². The van der Waals surface area contributed by atoms with Crippen LogP contribution in [-0.4, -0.2) is 30.1 Å². The second kappa shape index (κ2) is 5.76. The molecule has 1 aliphatic rings. The number of non-ortho nitro benzene ring substituents is 1. The van der Waals surface area contributed by atoms with E-state index >= 15 is 0 Å². The van der Waals surface area contributed by atoms with E-state index in [9.17, 15) is 14.9 Å². The first-order chi connectivity index (χ1) is 9.47. The quantitative estimate of drug-likeness (QED) is 0.669. The van der Waals surface area contributed by atoms with Crippen molar-refractivity contribution >= 4 is 23.2 Å². The molecule has 20 heavy (non-hydrogen) atoms. The first-order valence-corrected chi connectivity index (χ1v) is 6.62. The molecule has 2 rings (SSSR count). The van der Waals surface area contributed by atoms with E-state index in [-0.39, 0.29) is 21.9 Å². The molecular formula is C13H15ClN2O4. The second-order valence-electron chi connectivity index (χ2n) is 4.84. The molecule has 1 aliphatic carbocycles. The molecule has 0 atom stereocenters. The highest BCUT2D eigenvalue weighted by molar-refractivity contribution is 6.33. The molecule has 0 heterocycles. The molecule has 1 fully saturated rings. The first-order valence-electron chi connectivity index (χ1n) is 6.25. The van der Waals surface area contributed by atoms with Gasteiger partial charge in [0, 0.05) is 25.8 Å². The summed E-state index contributed by atoms with van der Waals surface area (Å²) in [6.07, 6.45) is 2.86. The van der Waals surface area contributed by atoms with Crippen molar-refractivity contribution in [1.29, 1.82) is 0 Å². The Labute approximate surface area is 121 Å². The fraction of sp³-hybridized carbons (Fsp3) is 0.462. The summed E-state index contributed by atoms with van der Waals surface area (Å²) in [5.74, 6) is -0.429. The Hall–Kier alpha value is -1.66. The lowest BCUT2D eigenvalue weighted by atomic mass is 9.80. The van der Waals surface area contributed by atoms with E-state index in [2.05, 4.69) is 5.32 Å². The topological polar surface area (TPSA) is 81.5 Å². The maximum Gasteiger partial charge on any atom is 0.270 e. The largest absolute Gasteiger partial charge is 0.376 e. The molecule has 0 spiro atoms.